The van der Waals surface area contributed by atoms with Crippen LogP contribution in [0.1, 0.15) is 39.2 Å². The largest absolute Gasteiger partial charge is 0.372 e. The SMILES string of the molecule is CCCN(CCC(C)C)c1cccc(C)c1. The topological polar surface area (TPSA) is 3.24 Å². The molecule has 0 unspecified atom stereocenters. The summed E-state index contributed by atoms with van der Waals surface area (Å²) in [6.07, 6.45) is 2.49. The number of hydrogen-bond donors (Lipinski definition) is 0. The van der Waals surface area contributed by atoms with E-state index in [4.69, 9.17) is 0 Å². The molecular formula is C15H25N. The average molecular weight is 219 g/mol. The predicted molar refractivity (Wildman–Crippen MR) is 73.1 cm³/mol. The maximum atomic E-state index is 2.51. The van der Waals surface area contributed by atoms with Gasteiger partial charge in [-0.25, -0.2) is 0 Å². The minimum atomic E-state index is 0.782. The molecule has 1 heteroatoms. The number of hydrogen-bond acceptors (Lipinski definition) is 1. The fraction of sp³-hybridized carbons (Fsp3) is 0.600. The molecule has 1 aromatic carbocycles. The van der Waals surface area contributed by atoms with E-state index in [-0.39, 0.29) is 0 Å². The molecule has 0 atom stereocenters. The number of rotatable bonds is 6. The van der Waals surface area contributed by atoms with Gasteiger partial charge in [0.15, 0.2) is 0 Å². The molecule has 0 aliphatic rings. The highest BCUT2D eigenvalue weighted by molar-refractivity contribution is 5.48. The first-order chi connectivity index (χ1) is 7.63. The fourth-order valence-corrected chi connectivity index (χ4v) is 1.88. The van der Waals surface area contributed by atoms with E-state index >= 15 is 0 Å². The van der Waals surface area contributed by atoms with E-state index in [2.05, 4.69) is 56.9 Å². The summed E-state index contributed by atoms with van der Waals surface area (Å²) in [6.45, 7) is 11.3. The van der Waals surface area contributed by atoms with Gasteiger partial charge in [0.2, 0.25) is 0 Å². The van der Waals surface area contributed by atoms with Crippen molar-refractivity contribution in [2.24, 2.45) is 5.92 Å². The second kappa shape index (κ2) is 6.57. The molecule has 0 N–H and O–H groups in total. The minimum absolute atomic E-state index is 0.782. The van der Waals surface area contributed by atoms with Gasteiger partial charge in [-0.05, 0) is 43.4 Å². The van der Waals surface area contributed by atoms with Crippen molar-refractivity contribution >= 4 is 5.69 Å². The molecule has 1 aromatic rings. The van der Waals surface area contributed by atoms with E-state index in [1.807, 2.05) is 0 Å². The lowest BCUT2D eigenvalue weighted by molar-refractivity contribution is 0.570. The summed E-state index contributed by atoms with van der Waals surface area (Å²) in [5.41, 5.74) is 2.73. The van der Waals surface area contributed by atoms with Crippen LogP contribution in [0.25, 0.3) is 0 Å². The summed E-state index contributed by atoms with van der Waals surface area (Å²) >= 11 is 0. The highest BCUT2D eigenvalue weighted by Gasteiger charge is 2.06. The van der Waals surface area contributed by atoms with Crippen LogP contribution in [0.15, 0.2) is 24.3 Å². The maximum absolute atomic E-state index is 2.51. The third-order valence-electron chi connectivity index (χ3n) is 2.84. The van der Waals surface area contributed by atoms with E-state index in [1.54, 1.807) is 0 Å². The second-order valence-corrected chi connectivity index (χ2v) is 5.01. The molecule has 16 heavy (non-hydrogen) atoms. The number of benzene rings is 1. The zero-order chi connectivity index (χ0) is 12.0. The Balaban J connectivity index is 2.68. The van der Waals surface area contributed by atoms with Crippen molar-refractivity contribution in [1.29, 1.82) is 0 Å². The Kier molecular flexibility index (Phi) is 5.37. The Morgan fingerprint density at radius 1 is 1.19 bits per heavy atom. The third-order valence-corrected chi connectivity index (χ3v) is 2.84. The second-order valence-electron chi connectivity index (χ2n) is 5.01. The molecule has 90 valence electrons. The third kappa shape index (κ3) is 4.26. The first-order valence-corrected chi connectivity index (χ1v) is 6.45. The molecule has 0 spiro atoms. The molecule has 0 bridgehead atoms. The van der Waals surface area contributed by atoms with Crippen molar-refractivity contribution < 1.29 is 0 Å². The molecule has 0 amide bonds. The summed E-state index contributed by atoms with van der Waals surface area (Å²) < 4.78 is 0. The minimum Gasteiger partial charge on any atom is -0.372 e. The van der Waals surface area contributed by atoms with Crippen LogP contribution in [0.4, 0.5) is 5.69 Å². The fourth-order valence-electron chi connectivity index (χ4n) is 1.88. The summed E-state index contributed by atoms with van der Waals surface area (Å²) in [5, 5.41) is 0. The van der Waals surface area contributed by atoms with E-state index in [1.165, 1.54) is 30.6 Å². The first kappa shape index (κ1) is 13.1. The highest BCUT2D eigenvalue weighted by atomic mass is 15.1. The van der Waals surface area contributed by atoms with Gasteiger partial charge in [-0.1, -0.05) is 32.9 Å². The van der Waals surface area contributed by atoms with Crippen molar-refractivity contribution in [2.75, 3.05) is 18.0 Å². The van der Waals surface area contributed by atoms with Crippen molar-refractivity contribution in [3.63, 3.8) is 0 Å². The van der Waals surface area contributed by atoms with Gasteiger partial charge in [-0.2, -0.15) is 0 Å². The van der Waals surface area contributed by atoms with Gasteiger partial charge in [-0.3, -0.25) is 0 Å². The number of anilines is 1. The first-order valence-electron chi connectivity index (χ1n) is 6.45. The number of aryl methyl sites for hydroxylation is 1. The zero-order valence-electron chi connectivity index (χ0n) is 11.2. The summed E-state index contributed by atoms with van der Waals surface area (Å²) in [5.74, 6) is 0.782. The highest BCUT2D eigenvalue weighted by Crippen LogP contribution is 2.17. The maximum Gasteiger partial charge on any atom is 0.0368 e. The Labute approximate surface area is 100 Å². The molecule has 0 fully saturated rings. The van der Waals surface area contributed by atoms with Crippen LogP contribution >= 0.6 is 0 Å². The van der Waals surface area contributed by atoms with Gasteiger partial charge in [-0.15, -0.1) is 0 Å². The standard InChI is InChI=1S/C15H25N/c1-5-10-16(11-9-13(2)3)15-8-6-7-14(4)12-15/h6-8,12-13H,5,9-11H2,1-4H3. The molecule has 0 saturated heterocycles. The Bertz CT molecular complexity index is 304. The molecule has 0 saturated carbocycles. The Morgan fingerprint density at radius 2 is 1.94 bits per heavy atom. The van der Waals surface area contributed by atoms with Crippen LogP contribution in [-0.4, -0.2) is 13.1 Å². The zero-order valence-corrected chi connectivity index (χ0v) is 11.2. The van der Waals surface area contributed by atoms with Crippen molar-refractivity contribution in [3.05, 3.63) is 29.8 Å². The summed E-state index contributed by atoms with van der Waals surface area (Å²) in [7, 11) is 0. The van der Waals surface area contributed by atoms with Gasteiger partial charge in [0, 0.05) is 18.8 Å². The molecule has 0 aliphatic heterocycles. The van der Waals surface area contributed by atoms with E-state index in [9.17, 15) is 0 Å². The van der Waals surface area contributed by atoms with Crippen LogP contribution < -0.4 is 4.90 Å². The van der Waals surface area contributed by atoms with Gasteiger partial charge < -0.3 is 4.90 Å². The molecule has 0 radical (unpaired) electrons. The van der Waals surface area contributed by atoms with Gasteiger partial charge in [0.1, 0.15) is 0 Å². The van der Waals surface area contributed by atoms with Crippen molar-refractivity contribution in [1.82, 2.24) is 0 Å². The summed E-state index contributed by atoms with van der Waals surface area (Å²) in [6, 6.07) is 8.83. The van der Waals surface area contributed by atoms with E-state index < -0.39 is 0 Å². The van der Waals surface area contributed by atoms with Crippen LogP contribution in [-0.2, 0) is 0 Å². The van der Waals surface area contributed by atoms with Crippen LogP contribution in [0.5, 0.6) is 0 Å². The predicted octanol–water partition coefficient (Wildman–Crippen LogP) is 4.26. The van der Waals surface area contributed by atoms with Gasteiger partial charge in [0.05, 0.1) is 0 Å². The quantitative estimate of drug-likeness (QED) is 0.691. The lowest BCUT2D eigenvalue weighted by Crippen LogP contribution is -2.26. The van der Waals surface area contributed by atoms with Crippen LogP contribution in [0.3, 0.4) is 0 Å². The normalized spacial score (nSPS) is 10.8. The summed E-state index contributed by atoms with van der Waals surface area (Å²) in [4.78, 5) is 2.51. The molecule has 0 heterocycles. The van der Waals surface area contributed by atoms with Gasteiger partial charge >= 0.3 is 0 Å². The lowest BCUT2D eigenvalue weighted by Gasteiger charge is -2.25. The molecule has 0 aliphatic carbocycles. The van der Waals surface area contributed by atoms with E-state index in [0.717, 1.165) is 12.5 Å². The monoisotopic (exact) mass is 219 g/mol. The Hall–Kier alpha value is -0.980. The van der Waals surface area contributed by atoms with Crippen molar-refractivity contribution in [3.8, 4) is 0 Å². The van der Waals surface area contributed by atoms with Crippen molar-refractivity contribution in [2.45, 2.75) is 40.5 Å². The van der Waals surface area contributed by atoms with Crippen LogP contribution in [0.2, 0.25) is 0 Å². The Morgan fingerprint density at radius 3 is 2.50 bits per heavy atom. The molecule has 0 aromatic heterocycles. The average Bonchev–Trinajstić information content (AvgIpc) is 2.24. The smallest absolute Gasteiger partial charge is 0.0368 e. The van der Waals surface area contributed by atoms with Gasteiger partial charge in [0.25, 0.3) is 0 Å². The lowest BCUT2D eigenvalue weighted by atomic mass is 10.1. The molecular weight excluding hydrogens is 194 g/mol. The molecule has 1 nitrogen and oxygen atoms in total. The van der Waals surface area contributed by atoms with Crippen LogP contribution in [0, 0.1) is 12.8 Å². The molecule has 1 rings (SSSR count). The van der Waals surface area contributed by atoms with E-state index in [0.29, 0.717) is 0 Å². The number of nitrogens with zero attached hydrogens (tertiary/aromatic N) is 1.